The molecule has 1 atom stereocenters. The fourth-order valence-electron chi connectivity index (χ4n) is 2.82. The monoisotopic (exact) mass is 312 g/mol. The molecule has 118 valence electrons. The summed E-state index contributed by atoms with van der Waals surface area (Å²) in [4.78, 5) is 38.0. The maximum atomic E-state index is 12.5. The predicted molar refractivity (Wildman–Crippen MR) is 81.9 cm³/mol. The Hall–Kier alpha value is -2.65. The average Bonchev–Trinajstić information content (AvgIpc) is 3.15. The predicted octanol–water partition coefficient (Wildman–Crippen LogP) is 0.825. The zero-order valence-corrected chi connectivity index (χ0v) is 12.5. The van der Waals surface area contributed by atoms with Crippen LogP contribution in [-0.2, 0) is 4.74 Å². The van der Waals surface area contributed by atoms with Crippen molar-refractivity contribution in [3.05, 3.63) is 34.9 Å². The summed E-state index contributed by atoms with van der Waals surface area (Å²) in [7, 11) is 0. The summed E-state index contributed by atoms with van der Waals surface area (Å²) in [5.41, 5.74) is 0.877. The Morgan fingerprint density at radius 2 is 2.13 bits per heavy atom. The molecule has 2 aliphatic rings. The summed E-state index contributed by atoms with van der Waals surface area (Å²) >= 11 is 0. The van der Waals surface area contributed by atoms with Gasteiger partial charge in [-0.2, -0.15) is 0 Å². The van der Waals surface area contributed by atoms with E-state index in [9.17, 15) is 14.4 Å². The van der Waals surface area contributed by atoms with Crippen molar-refractivity contribution in [2.45, 2.75) is 18.9 Å². The van der Waals surface area contributed by atoms with E-state index < -0.39 is 0 Å². The first-order chi connectivity index (χ1) is 11.1. The van der Waals surface area contributed by atoms with E-state index in [0.29, 0.717) is 17.7 Å². The number of terminal acetylenes is 1. The first-order valence-corrected chi connectivity index (χ1v) is 7.45. The summed E-state index contributed by atoms with van der Waals surface area (Å²) in [5.74, 6) is 1.22. The molecule has 1 aromatic carbocycles. The molecule has 0 aromatic heterocycles. The van der Waals surface area contributed by atoms with Gasteiger partial charge in [-0.25, -0.2) is 0 Å². The van der Waals surface area contributed by atoms with Crippen molar-refractivity contribution in [1.82, 2.24) is 10.2 Å². The molecule has 0 radical (unpaired) electrons. The second kappa shape index (κ2) is 6.23. The van der Waals surface area contributed by atoms with E-state index in [1.165, 1.54) is 23.1 Å². The first kappa shape index (κ1) is 15.3. The molecule has 0 saturated carbocycles. The summed E-state index contributed by atoms with van der Waals surface area (Å²) in [5, 5.41) is 2.53. The van der Waals surface area contributed by atoms with Gasteiger partial charge >= 0.3 is 0 Å². The van der Waals surface area contributed by atoms with Crippen molar-refractivity contribution in [1.29, 1.82) is 0 Å². The fourth-order valence-corrected chi connectivity index (χ4v) is 2.82. The molecule has 3 amide bonds. The van der Waals surface area contributed by atoms with Crippen molar-refractivity contribution < 1.29 is 19.1 Å². The van der Waals surface area contributed by atoms with Crippen molar-refractivity contribution in [3.63, 3.8) is 0 Å². The zero-order chi connectivity index (χ0) is 16.4. The second-order valence-electron chi connectivity index (χ2n) is 5.50. The number of amides is 3. The third-order valence-corrected chi connectivity index (χ3v) is 3.99. The molecule has 3 rings (SSSR count). The Morgan fingerprint density at radius 3 is 2.83 bits per heavy atom. The number of benzene rings is 1. The summed E-state index contributed by atoms with van der Waals surface area (Å²) in [6, 6.07) is 4.47. The number of hydrogen-bond acceptors (Lipinski definition) is 4. The van der Waals surface area contributed by atoms with E-state index in [0.717, 1.165) is 12.8 Å². The van der Waals surface area contributed by atoms with Crippen LogP contribution in [0, 0.1) is 12.3 Å². The van der Waals surface area contributed by atoms with Gasteiger partial charge in [0.1, 0.15) is 0 Å². The van der Waals surface area contributed by atoms with Crippen LogP contribution in [0.5, 0.6) is 0 Å². The first-order valence-electron chi connectivity index (χ1n) is 7.45. The SMILES string of the molecule is C#CCNC(=O)c1ccc2c(c1)C(=O)N(CC1CCCO1)C2=O. The average molecular weight is 312 g/mol. The van der Waals surface area contributed by atoms with Gasteiger partial charge in [0.15, 0.2) is 0 Å². The largest absolute Gasteiger partial charge is 0.376 e. The second-order valence-corrected chi connectivity index (χ2v) is 5.50. The van der Waals surface area contributed by atoms with Gasteiger partial charge in [0.05, 0.1) is 30.3 Å². The molecule has 1 fully saturated rings. The Balaban J connectivity index is 1.81. The third-order valence-electron chi connectivity index (χ3n) is 3.99. The number of hydrogen-bond donors (Lipinski definition) is 1. The molecule has 6 nitrogen and oxygen atoms in total. The van der Waals surface area contributed by atoms with Crippen LogP contribution in [0.25, 0.3) is 0 Å². The Labute approximate surface area is 133 Å². The Bertz CT molecular complexity index is 714. The van der Waals surface area contributed by atoms with Crippen molar-refractivity contribution in [2.24, 2.45) is 0 Å². The van der Waals surface area contributed by atoms with Gasteiger partial charge in [-0.15, -0.1) is 6.42 Å². The van der Waals surface area contributed by atoms with E-state index in [4.69, 9.17) is 11.2 Å². The number of nitrogens with zero attached hydrogens (tertiary/aromatic N) is 1. The number of carbonyl (C=O) groups is 3. The van der Waals surface area contributed by atoms with Gasteiger partial charge in [0.25, 0.3) is 17.7 Å². The Kier molecular flexibility index (Phi) is 4.13. The number of nitrogens with one attached hydrogen (secondary N) is 1. The van der Waals surface area contributed by atoms with Gasteiger partial charge in [0.2, 0.25) is 0 Å². The standard InChI is InChI=1S/C17H16N2O4/c1-2-7-18-15(20)11-5-6-13-14(9-11)17(22)19(16(13)21)10-12-4-3-8-23-12/h1,5-6,9,12H,3-4,7-8,10H2,(H,18,20). The van der Waals surface area contributed by atoms with Gasteiger partial charge in [0, 0.05) is 12.2 Å². The molecule has 2 aliphatic heterocycles. The van der Waals surface area contributed by atoms with E-state index in [-0.39, 0.29) is 42.5 Å². The van der Waals surface area contributed by atoms with Crippen LogP contribution in [-0.4, -0.2) is 48.4 Å². The van der Waals surface area contributed by atoms with Crippen LogP contribution in [0.3, 0.4) is 0 Å². The smallest absolute Gasteiger partial charge is 0.261 e. The number of fused-ring (bicyclic) bond motifs is 1. The van der Waals surface area contributed by atoms with Gasteiger partial charge < -0.3 is 10.1 Å². The minimum absolute atomic E-state index is 0.101. The molecule has 23 heavy (non-hydrogen) atoms. The van der Waals surface area contributed by atoms with Crippen LogP contribution in [0.15, 0.2) is 18.2 Å². The van der Waals surface area contributed by atoms with Gasteiger partial charge in [-0.05, 0) is 31.0 Å². The van der Waals surface area contributed by atoms with E-state index in [2.05, 4.69) is 11.2 Å². The van der Waals surface area contributed by atoms with Gasteiger partial charge in [-0.3, -0.25) is 19.3 Å². The van der Waals surface area contributed by atoms with Crippen LogP contribution in [0.2, 0.25) is 0 Å². The van der Waals surface area contributed by atoms with Gasteiger partial charge in [-0.1, -0.05) is 5.92 Å². The molecule has 1 aromatic rings. The van der Waals surface area contributed by atoms with E-state index in [1.54, 1.807) is 0 Å². The summed E-state index contributed by atoms with van der Waals surface area (Å²) in [6.45, 7) is 1.02. The van der Waals surface area contributed by atoms with Crippen LogP contribution in [0.4, 0.5) is 0 Å². The van der Waals surface area contributed by atoms with Crippen LogP contribution < -0.4 is 5.32 Å². The molecular formula is C17H16N2O4. The van der Waals surface area contributed by atoms with E-state index in [1.807, 2.05) is 0 Å². The topological polar surface area (TPSA) is 75.7 Å². The van der Waals surface area contributed by atoms with Crippen molar-refractivity contribution in [2.75, 3.05) is 19.7 Å². The number of imide groups is 1. The summed E-state index contributed by atoms with van der Waals surface area (Å²) < 4.78 is 5.49. The molecule has 6 heteroatoms. The third kappa shape index (κ3) is 2.83. The minimum atomic E-state index is -0.382. The number of rotatable bonds is 4. The van der Waals surface area contributed by atoms with Crippen molar-refractivity contribution >= 4 is 17.7 Å². The van der Waals surface area contributed by atoms with Crippen molar-refractivity contribution in [3.8, 4) is 12.3 Å². The lowest BCUT2D eigenvalue weighted by molar-refractivity contribution is 0.0475. The highest BCUT2D eigenvalue weighted by atomic mass is 16.5. The molecule has 1 unspecified atom stereocenters. The number of ether oxygens (including phenoxy) is 1. The highest BCUT2D eigenvalue weighted by Crippen LogP contribution is 2.26. The zero-order valence-electron chi connectivity index (χ0n) is 12.5. The normalized spacial score (nSPS) is 19.6. The highest BCUT2D eigenvalue weighted by Gasteiger charge is 2.37. The maximum Gasteiger partial charge on any atom is 0.261 e. The van der Waals surface area contributed by atoms with E-state index >= 15 is 0 Å². The summed E-state index contributed by atoms with van der Waals surface area (Å²) in [6.07, 6.45) is 6.78. The molecule has 1 N–H and O–H groups in total. The maximum absolute atomic E-state index is 12.5. The molecule has 0 bridgehead atoms. The fraction of sp³-hybridized carbons (Fsp3) is 0.353. The molecule has 2 heterocycles. The highest BCUT2D eigenvalue weighted by molar-refractivity contribution is 6.22. The number of carbonyl (C=O) groups excluding carboxylic acids is 3. The Morgan fingerprint density at radius 1 is 1.35 bits per heavy atom. The lowest BCUT2D eigenvalue weighted by Crippen LogP contribution is -2.36. The lowest BCUT2D eigenvalue weighted by atomic mass is 10.1. The van der Waals surface area contributed by atoms with Crippen LogP contribution in [0.1, 0.15) is 43.9 Å². The minimum Gasteiger partial charge on any atom is -0.376 e. The molecular weight excluding hydrogens is 296 g/mol. The molecule has 0 aliphatic carbocycles. The van der Waals surface area contributed by atoms with Crippen LogP contribution >= 0.6 is 0 Å². The lowest BCUT2D eigenvalue weighted by Gasteiger charge is -2.17. The molecule has 1 saturated heterocycles. The molecule has 0 spiro atoms. The quantitative estimate of drug-likeness (QED) is 0.660.